The third kappa shape index (κ3) is 0.824. The summed E-state index contributed by atoms with van der Waals surface area (Å²) in [7, 11) is 4.00. The summed E-state index contributed by atoms with van der Waals surface area (Å²) in [4.78, 5) is 8.58. The van der Waals surface area contributed by atoms with Crippen LogP contribution in [0.25, 0.3) is 22.1 Å². The molecule has 2 aromatic heterocycles. The van der Waals surface area contributed by atoms with Crippen molar-refractivity contribution in [3.05, 3.63) is 24.8 Å². The lowest BCUT2D eigenvalue weighted by Crippen LogP contribution is -1.86. The zero-order valence-corrected chi connectivity index (χ0v) is 8.10. The highest BCUT2D eigenvalue weighted by molar-refractivity contribution is 5.91. The number of imidazole rings is 2. The van der Waals surface area contributed by atoms with Gasteiger partial charge in [0.1, 0.15) is 0 Å². The van der Waals surface area contributed by atoms with Crippen molar-refractivity contribution in [1.29, 1.82) is 0 Å². The highest BCUT2D eigenvalue weighted by Crippen LogP contribution is 2.19. The summed E-state index contributed by atoms with van der Waals surface area (Å²) >= 11 is 0. The summed E-state index contributed by atoms with van der Waals surface area (Å²) in [5, 5.41) is 0. The Kier molecular flexibility index (Phi) is 1.27. The van der Waals surface area contributed by atoms with Gasteiger partial charge in [-0.15, -0.1) is 0 Å². The van der Waals surface area contributed by atoms with E-state index in [2.05, 4.69) is 16.0 Å². The number of aromatic nitrogens is 4. The zero-order valence-electron chi connectivity index (χ0n) is 8.10. The van der Waals surface area contributed by atoms with Crippen LogP contribution >= 0.6 is 0 Å². The minimum absolute atomic E-state index is 0.999. The number of rotatable bonds is 0. The molecule has 0 N–H and O–H groups in total. The number of nitrogens with zero attached hydrogens (tertiary/aromatic N) is 4. The average molecular weight is 186 g/mol. The number of benzene rings is 1. The second-order valence-electron chi connectivity index (χ2n) is 3.54. The fraction of sp³-hybridized carbons (Fsp3) is 0.200. The quantitative estimate of drug-likeness (QED) is 0.533. The summed E-state index contributed by atoms with van der Waals surface area (Å²) in [5.74, 6) is 0. The van der Waals surface area contributed by atoms with Crippen molar-refractivity contribution >= 4 is 22.1 Å². The van der Waals surface area contributed by atoms with Crippen LogP contribution in [0.2, 0.25) is 0 Å². The molecule has 4 nitrogen and oxygen atoms in total. The number of hydrogen-bond acceptors (Lipinski definition) is 2. The van der Waals surface area contributed by atoms with E-state index in [-0.39, 0.29) is 0 Å². The van der Waals surface area contributed by atoms with E-state index in [1.807, 2.05) is 42.0 Å². The van der Waals surface area contributed by atoms with Gasteiger partial charge in [0.05, 0.1) is 34.7 Å². The molecule has 0 fully saturated rings. The largest absolute Gasteiger partial charge is 0.334 e. The maximum atomic E-state index is 4.29. The van der Waals surface area contributed by atoms with Crippen molar-refractivity contribution in [2.24, 2.45) is 14.1 Å². The predicted molar refractivity (Wildman–Crippen MR) is 55.0 cm³/mol. The molecule has 0 saturated carbocycles. The van der Waals surface area contributed by atoms with Crippen molar-refractivity contribution in [3.63, 3.8) is 0 Å². The summed E-state index contributed by atoms with van der Waals surface area (Å²) in [6, 6.07) is 4.13. The molecule has 0 unspecified atom stereocenters. The Labute approximate surface area is 80.8 Å². The van der Waals surface area contributed by atoms with Gasteiger partial charge in [-0.25, -0.2) is 9.97 Å². The Hall–Kier alpha value is -1.84. The van der Waals surface area contributed by atoms with E-state index >= 15 is 0 Å². The summed E-state index contributed by atoms with van der Waals surface area (Å²) in [5.41, 5.74) is 4.28. The molecular formula is C10H10N4. The first-order valence-corrected chi connectivity index (χ1v) is 4.48. The van der Waals surface area contributed by atoms with E-state index in [4.69, 9.17) is 0 Å². The van der Waals surface area contributed by atoms with Crippen LogP contribution in [-0.2, 0) is 14.1 Å². The van der Waals surface area contributed by atoms with Crippen LogP contribution in [0.4, 0.5) is 0 Å². The van der Waals surface area contributed by atoms with Crippen molar-refractivity contribution in [2.45, 2.75) is 0 Å². The SMILES string of the molecule is Cn1cnc2cc3ncn(C)c3cc21. The van der Waals surface area contributed by atoms with Gasteiger partial charge in [0.25, 0.3) is 0 Å². The molecule has 70 valence electrons. The molecule has 0 radical (unpaired) electrons. The Balaban J connectivity index is 2.57. The van der Waals surface area contributed by atoms with Gasteiger partial charge in [-0.3, -0.25) is 0 Å². The third-order valence-corrected chi connectivity index (χ3v) is 2.57. The van der Waals surface area contributed by atoms with Gasteiger partial charge in [-0.2, -0.15) is 0 Å². The van der Waals surface area contributed by atoms with E-state index < -0.39 is 0 Å². The van der Waals surface area contributed by atoms with Gasteiger partial charge in [0.2, 0.25) is 0 Å². The maximum Gasteiger partial charge on any atom is 0.0955 e. The summed E-state index contributed by atoms with van der Waals surface area (Å²) < 4.78 is 4.03. The molecule has 3 aromatic rings. The van der Waals surface area contributed by atoms with Gasteiger partial charge in [-0.1, -0.05) is 0 Å². The third-order valence-electron chi connectivity index (χ3n) is 2.57. The van der Waals surface area contributed by atoms with E-state index in [1.54, 1.807) is 0 Å². The van der Waals surface area contributed by atoms with E-state index in [1.165, 1.54) is 0 Å². The van der Waals surface area contributed by atoms with Crippen molar-refractivity contribution in [1.82, 2.24) is 19.1 Å². The van der Waals surface area contributed by atoms with Crippen molar-refractivity contribution in [3.8, 4) is 0 Å². The summed E-state index contributed by atoms with van der Waals surface area (Å²) in [6.07, 6.45) is 3.65. The smallest absolute Gasteiger partial charge is 0.0955 e. The van der Waals surface area contributed by atoms with Gasteiger partial charge in [0, 0.05) is 14.1 Å². The molecule has 0 amide bonds. The van der Waals surface area contributed by atoms with E-state index in [0.717, 1.165) is 22.1 Å². The van der Waals surface area contributed by atoms with Crippen LogP contribution < -0.4 is 0 Å². The van der Waals surface area contributed by atoms with Crippen LogP contribution in [0.1, 0.15) is 0 Å². The zero-order chi connectivity index (χ0) is 9.71. The van der Waals surface area contributed by atoms with Gasteiger partial charge < -0.3 is 9.13 Å². The first-order valence-electron chi connectivity index (χ1n) is 4.48. The molecule has 0 aliphatic carbocycles. The highest BCUT2D eigenvalue weighted by atomic mass is 15.0. The number of fused-ring (bicyclic) bond motifs is 2. The standard InChI is InChI=1S/C10H10N4/c1-13-5-11-7-3-8-10(4-9(7)13)14(2)6-12-8/h3-6H,1-2H3. The molecule has 3 rings (SSSR count). The molecule has 0 spiro atoms. The average Bonchev–Trinajstić information content (AvgIpc) is 2.71. The lowest BCUT2D eigenvalue weighted by molar-refractivity contribution is 0.938. The molecule has 0 aliphatic rings. The van der Waals surface area contributed by atoms with Gasteiger partial charge >= 0.3 is 0 Å². The van der Waals surface area contributed by atoms with E-state index in [0.29, 0.717) is 0 Å². The number of hydrogen-bond donors (Lipinski definition) is 0. The monoisotopic (exact) mass is 186 g/mol. The topological polar surface area (TPSA) is 35.6 Å². The molecule has 2 heterocycles. The van der Waals surface area contributed by atoms with Crippen LogP contribution in [0, 0.1) is 0 Å². The lowest BCUT2D eigenvalue weighted by Gasteiger charge is -1.96. The van der Waals surface area contributed by atoms with Crippen LogP contribution in [0.5, 0.6) is 0 Å². The van der Waals surface area contributed by atoms with Crippen molar-refractivity contribution < 1.29 is 0 Å². The predicted octanol–water partition coefficient (Wildman–Crippen LogP) is 1.46. The van der Waals surface area contributed by atoms with Gasteiger partial charge in [-0.05, 0) is 12.1 Å². The molecule has 0 aliphatic heterocycles. The molecule has 0 atom stereocenters. The Morgan fingerprint density at radius 2 is 1.36 bits per heavy atom. The van der Waals surface area contributed by atoms with Crippen molar-refractivity contribution in [2.75, 3.05) is 0 Å². The number of aryl methyl sites for hydroxylation is 2. The molecule has 0 saturated heterocycles. The fourth-order valence-corrected chi connectivity index (χ4v) is 1.75. The highest BCUT2D eigenvalue weighted by Gasteiger charge is 2.05. The maximum absolute atomic E-state index is 4.29. The van der Waals surface area contributed by atoms with Crippen LogP contribution in [-0.4, -0.2) is 19.1 Å². The normalized spacial score (nSPS) is 11.6. The molecule has 4 heteroatoms. The molecule has 0 bridgehead atoms. The molecular weight excluding hydrogens is 176 g/mol. The second kappa shape index (κ2) is 2.35. The van der Waals surface area contributed by atoms with Crippen LogP contribution in [0.3, 0.4) is 0 Å². The Morgan fingerprint density at radius 1 is 0.857 bits per heavy atom. The molecule has 14 heavy (non-hydrogen) atoms. The first kappa shape index (κ1) is 7.55. The lowest BCUT2D eigenvalue weighted by atomic mass is 10.2. The second-order valence-corrected chi connectivity index (χ2v) is 3.54. The van der Waals surface area contributed by atoms with Gasteiger partial charge in [0.15, 0.2) is 0 Å². The van der Waals surface area contributed by atoms with Crippen LogP contribution in [0.15, 0.2) is 24.8 Å². The summed E-state index contributed by atoms with van der Waals surface area (Å²) in [6.45, 7) is 0. The Morgan fingerprint density at radius 3 is 1.86 bits per heavy atom. The first-order chi connectivity index (χ1) is 6.75. The fourth-order valence-electron chi connectivity index (χ4n) is 1.75. The minimum atomic E-state index is 0.999. The van der Waals surface area contributed by atoms with E-state index in [9.17, 15) is 0 Å². The molecule has 1 aromatic carbocycles. The Bertz CT molecular complexity index is 566. The minimum Gasteiger partial charge on any atom is -0.334 e.